The number of nitrogens with one attached hydrogen (secondary N) is 1. The monoisotopic (exact) mass is 245 g/mol. The largest absolute Gasteiger partial charge is 0.478 e. The van der Waals surface area contributed by atoms with Crippen molar-refractivity contribution in [1.29, 1.82) is 0 Å². The number of carbonyl (C=O) groups is 2. The number of carboxylic acid groups (broad SMARTS) is 1. The molecule has 1 aromatic heterocycles. The van der Waals surface area contributed by atoms with Gasteiger partial charge in [-0.25, -0.2) is 4.79 Å². The Bertz CT molecular complexity index is 560. The third-order valence-corrected chi connectivity index (χ3v) is 2.44. The molecule has 0 radical (unpaired) electrons. The zero-order chi connectivity index (χ0) is 13.0. The van der Waals surface area contributed by atoms with E-state index in [9.17, 15) is 9.59 Å². The minimum absolute atomic E-state index is 0.0119. The van der Waals surface area contributed by atoms with Gasteiger partial charge in [-0.2, -0.15) is 0 Å². The molecule has 0 spiro atoms. The van der Waals surface area contributed by atoms with E-state index in [2.05, 4.69) is 5.32 Å². The van der Waals surface area contributed by atoms with Crippen LogP contribution < -0.4 is 5.32 Å². The lowest BCUT2D eigenvalue weighted by Gasteiger charge is -2.06. The van der Waals surface area contributed by atoms with Gasteiger partial charge in [-0.3, -0.25) is 4.79 Å². The molecule has 92 valence electrons. The maximum atomic E-state index is 11.9. The lowest BCUT2D eigenvalue weighted by molar-refractivity contribution is 0.0691. The van der Waals surface area contributed by atoms with E-state index < -0.39 is 11.9 Å². The first-order valence-corrected chi connectivity index (χ1v) is 5.30. The summed E-state index contributed by atoms with van der Waals surface area (Å²) in [7, 11) is 0. The molecule has 0 aliphatic heterocycles. The summed E-state index contributed by atoms with van der Waals surface area (Å²) in [5.74, 6) is -1.54. The second-order valence-electron chi connectivity index (χ2n) is 3.67. The second-order valence-corrected chi connectivity index (χ2v) is 3.67. The lowest BCUT2D eigenvalue weighted by atomic mass is 10.1. The van der Waals surface area contributed by atoms with Gasteiger partial charge in [0.2, 0.25) is 0 Å². The predicted molar refractivity (Wildman–Crippen MR) is 63.3 cm³/mol. The van der Waals surface area contributed by atoms with Crippen LogP contribution in [0.15, 0.2) is 47.3 Å². The Hall–Kier alpha value is -2.56. The van der Waals surface area contributed by atoms with Gasteiger partial charge in [0.1, 0.15) is 0 Å². The number of furan rings is 1. The van der Waals surface area contributed by atoms with Crippen molar-refractivity contribution in [2.24, 2.45) is 0 Å². The van der Waals surface area contributed by atoms with Gasteiger partial charge in [0.15, 0.2) is 0 Å². The van der Waals surface area contributed by atoms with Gasteiger partial charge in [-0.15, -0.1) is 0 Å². The average molecular weight is 245 g/mol. The van der Waals surface area contributed by atoms with Crippen LogP contribution in [0.2, 0.25) is 0 Å². The van der Waals surface area contributed by atoms with E-state index in [1.54, 1.807) is 18.2 Å². The summed E-state index contributed by atoms with van der Waals surface area (Å²) in [4.78, 5) is 22.8. The summed E-state index contributed by atoms with van der Waals surface area (Å²) in [6, 6.07) is 7.81. The maximum absolute atomic E-state index is 11.9. The molecule has 2 rings (SSSR count). The van der Waals surface area contributed by atoms with Crippen molar-refractivity contribution in [2.45, 2.75) is 6.54 Å². The van der Waals surface area contributed by atoms with Gasteiger partial charge in [-0.1, -0.05) is 12.1 Å². The van der Waals surface area contributed by atoms with Crippen molar-refractivity contribution in [1.82, 2.24) is 5.32 Å². The van der Waals surface area contributed by atoms with Gasteiger partial charge in [-0.05, 0) is 18.2 Å². The zero-order valence-corrected chi connectivity index (χ0v) is 9.42. The molecule has 1 aromatic carbocycles. The Morgan fingerprint density at radius 2 is 1.89 bits per heavy atom. The molecule has 5 nitrogen and oxygen atoms in total. The first-order chi connectivity index (χ1) is 8.68. The predicted octanol–water partition coefficient (Wildman–Crippen LogP) is 1.91. The SMILES string of the molecule is O=C(O)c1ccccc1C(=O)NCc1ccoc1. The fourth-order valence-corrected chi connectivity index (χ4v) is 1.54. The molecule has 0 atom stereocenters. The van der Waals surface area contributed by atoms with Gasteiger partial charge in [0.25, 0.3) is 5.91 Å². The molecule has 18 heavy (non-hydrogen) atoms. The molecule has 0 aliphatic carbocycles. The van der Waals surface area contributed by atoms with Crippen LogP contribution in [0.5, 0.6) is 0 Å². The molecule has 1 heterocycles. The first kappa shape index (κ1) is 11.9. The van der Waals surface area contributed by atoms with E-state index >= 15 is 0 Å². The summed E-state index contributed by atoms with van der Waals surface area (Å²) in [6.45, 7) is 0.295. The molecule has 2 aromatic rings. The van der Waals surface area contributed by atoms with Gasteiger partial charge in [0, 0.05) is 12.1 Å². The quantitative estimate of drug-likeness (QED) is 0.862. The van der Waals surface area contributed by atoms with Crippen LogP contribution in [-0.4, -0.2) is 17.0 Å². The summed E-state index contributed by atoms with van der Waals surface area (Å²) < 4.78 is 4.87. The van der Waals surface area contributed by atoms with Crippen molar-refractivity contribution in [3.05, 3.63) is 59.5 Å². The Labute approximate surface area is 103 Å². The van der Waals surface area contributed by atoms with Crippen LogP contribution in [0.4, 0.5) is 0 Å². The third kappa shape index (κ3) is 2.57. The molecule has 5 heteroatoms. The first-order valence-electron chi connectivity index (χ1n) is 5.30. The van der Waals surface area contributed by atoms with Gasteiger partial charge < -0.3 is 14.8 Å². The van der Waals surface area contributed by atoms with E-state index in [0.29, 0.717) is 6.54 Å². The second kappa shape index (κ2) is 5.18. The summed E-state index contributed by atoms with van der Waals surface area (Å²) in [6.07, 6.45) is 3.02. The number of carbonyl (C=O) groups excluding carboxylic acids is 1. The Morgan fingerprint density at radius 3 is 2.50 bits per heavy atom. The van der Waals surface area contributed by atoms with Crippen molar-refractivity contribution >= 4 is 11.9 Å². The van der Waals surface area contributed by atoms with E-state index in [1.807, 2.05) is 0 Å². The van der Waals surface area contributed by atoms with E-state index in [-0.39, 0.29) is 11.1 Å². The van der Waals surface area contributed by atoms with Crippen LogP contribution in [0.25, 0.3) is 0 Å². The number of benzene rings is 1. The average Bonchev–Trinajstić information content (AvgIpc) is 2.89. The van der Waals surface area contributed by atoms with E-state index in [0.717, 1.165) is 5.56 Å². The summed E-state index contributed by atoms with van der Waals surface area (Å²) >= 11 is 0. The fourth-order valence-electron chi connectivity index (χ4n) is 1.54. The Balaban J connectivity index is 2.11. The smallest absolute Gasteiger partial charge is 0.336 e. The number of hydrogen-bond acceptors (Lipinski definition) is 3. The number of rotatable bonds is 4. The van der Waals surface area contributed by atoms with Crippen LogP contribution in [-0.2, 0) is 6.54 Å². The van der Waals surface area contributed by atoms with Crippen LogP contribution in [0.3, 0.4) is 0 Å². The Morgan fingerprint density at radius 1 is 1.17 bits per heavy atom. The molecule has 0 saturated carbocycles. The molecular formula is C13H11NO4. The third-order valence-electron chi connectivity index (χ3n) is 2.44. The number of carboxylic acids is 1. The van der Waals surface area contributed by atoms with Crippen molar-refractivity contribution in [3.8, 4) is 0 Å². The van der Waals surface area contributed by atoms with Crippen molar-refractivity contribution in [3.63, 3.8) is 0 Å². The van der Waals surface area contributed by atoms with Crippen LogP contribution in [0.1, 0.15) is 26.3 Å². The molecule has 0 bridgehead atoms. The van der Waals surface area contributed by atoms with Crippen molar-refractivity contribution < 1.29 is 19.1 Å². The minimum Gasteiger partial charge on any atom is -0.478 e. The van der Waals surface area contributed by atoms with Gasteiger partial charge >= 0.3 is 5.97 Å². The fraction of sp³-hybridized carbons (Fsp3) is 0.0769. The highest BCUT2D eigenvalue weighted by Crippen LogP contribution is 2.09. The molecule has 0 aliphatic rings. The van der Waals surface area contributed by atoms with Crippen molar-refractivity contribution in [2.75, 3.05) is 0 Å². The summed E-state index contributed by atoms with van der Waals surface area (Å²) in [5.41, 5.74) is 0.951. The molecule has 1 amide bonds. The number of amides is 1. The van der Waals surface area contributed by atoms with Gasteiger partial charge in [0.05, 0.1) is 23.7 Å². The molecule has 0 saturated heterocycles. The molecular weight excluding hydrogens is 234 g/mol. The topological polar surface area (TPSA) is 79.5 Å². The highest BCUT2D eigenvalue weighted by molar-refractivity contribution is 6.04. The minimum atomic E-state index is -1.12. The normalized spacial score (nSPS) is 10.0. The number of aromatic carboxylic acids is 1. The standard InChI is InChI=1S/C13H11NO4/c15-12(14-7-9-5-6-18-8-9)10-3-1-2-4-11(10)13(16)17/h1-6,8H,7H2,(H,14,15)(H,16,17). The Kier molecular flexibility index (Phi) is 3.43. The molecule has 2 N–H and O–H groups in total. The van der Waals surface area contributed by atoms with E-state index in [4.69, 9.17) is 9.52 Å². The summed E-state index contributed by atoms with van der Waals surface area (Å²) in [5, 5.41) is 11.6. The van der Waals surface area contributed by atoms with E-state index in [1.165, 1.54) is 24.7 Å². The van der Waals surface area contributed by atoms with Crippen LogP contribution in [0, 0.1) is 0 Å². The maximum Gasteiger partial charge on any atom is 0.336 e. The molecule has 0 unspecified atom stereocenters. The lowest BCUT2D eigenvalue weighted by Crippen LogP contribution is -2.24. The number of hydrogen-bond donors (Lipinski definition) is 2. The highest BCUT2D eigenvalue weighted by Gasteiger charge is 2.15. The van der Waals surface area contributed by atoms with Crippen LogP contribution >= 0.6 is 0 Å². The molecule has 0 fully saturated rings. The zero-order valence-electron chi connectivity index (χ0n) is 9.42. The highest BCUT2D eigenvalue weighted by atomic mass is 16.4.